The van der Waals surface area contributed by atoms with Crippen molar-refractivity contribution >= 4 is 16.8 Å². The Bertz CT molecular complexity index is 982. The number of hydrogen-bond donors (Lipinski definition) is 0. The van der Waals surface area contributed by atoms with Gasteiger partial charge in [0.2, 0.25) is 5.24 Å². The van der Waals surface area contributed by atoms with Crippen LogP contribution in [0.2, 0.25) is 0 Å². The minimum atomic E-state index is -0.760. The number of benzene rings is 3. The van der Waals surface area contributed by atoms with Gasteiger partial charge in [0.25, 0.3) is 0 Å². The Morgan fingerprint density at radius 1 is 0.867 bits per heavy atom. The van der Waals surface area contributed by atoms with E-state index in [4.69, 9.17) is 11.6 Å². The zero-order valence-electron chi connectivity index (χ0n) is 17.6. The highest BCUT2D eigenvalue weighted by Gasteiger charge is 2.47. The number of rotatable bonds is 8. The van der Waals surface area contributed by atoms with Crippen molar-refractivity contribution in [1.29, 1.82) is 0 Å². The predicted octanol–water partition coefficient (Wildman–Crippen LogP) is 6.41. The summed E-state index contributed by atoms with van der Waals surface area (Å²) in [6, 6.07) is 27.4. The molecule has 0 amide bonds. The van der Waals surface area contributed by atoms with E-state index in [0.717, 1.165) is 41.8 Å². The lowest BCUT2D eigenvalue weighted by atomic mass is 9.75. The Morgan fingerprint density at radius 2 is 1.40 bits per heavy atom. The minimum Gasteiger partial charge on any atom is -0.297 e. The number of hydrogen-bond acceptors (Lipinski definition) is 2. The summed E-state index contributed by atoms with van der Waals surface area (Å²) in [5, 5.41) is -0.279. The molecule has 2 nitrogen and oxygen atoms in total. The molecule has 4 rings (SSSR count). The molecule has 3 aromatic carbocycles. The van der Waals surface area contributed by atoms with Crippen LogP contribution in [0.25, 0.3) is 11.1 Å². The molecule has 0 atom stereocenters. The fourth-order valence-electron chi connectivity index (χ4n) is 4.79. The maximum absolute atomic E-state index is 12.9. The third kappa shape index (κ3) is 3.71. The van der Waals surface area contributed by atoms with Crippen LogP contribution < -0.4 is 0 Å². The molecular weight excluding hydrogens is 390 g/mol. The SMILES string of the molecule is CC(C)N(CCCC1(C(=O)Cl)c2ccccc2-c2ccccc21)Cc1ccccc1. The average Bonchev–Trinajstić information content (AvgIpc) is 3.05. The Balaban J connectivity index is 1.59. The largest absolute Gasteiger partial charge is 0.297 e. The molecule has 0 aromatic heterocycles. The van der Waals surface area contributed by atoms with Crippen molar-refractivity contribution in [2.75, 3.05) is 6.54 Å². The third-order valence-corrected chi connectivity index (χ3v) is 6.68. The first-order chi connectivity index (χ1) is 14.5. The van der Waals surface area contributed by atoms with Gasteiger partial charge in [0.15, 0.2) is 0 Å². The summed E-state index contributed by atoms with van der Waals surface area (Å²) in [5.74, 6) is 0. The number of carbonyl (C=O) groups excluding carboxylic acids is 1. The van der Waals surface area contributed by atoms with Crippen LogP contribution in [0.4, 0.5) is 0 Å². The molecule has 1 aliphatic rings. The first kappa shape index (κ1) is 20.8. The molecule has 3 heteroatoms. The van der Waals surface area contributed by atoms with E-state index in [2.05, 4.69) is 67.3 Å². The lowest BCUT2D eigenvalue weighted by Gasteiger charge is -2.31. The van der Waals surface area contributed by atoms with Gasteiger partial charge in [-0.05, 0) is 72.7 Å². The first-order valence-electron chi connectivity index (χ1n) is 10.7. The van der Waals surface area contributed by atoms with Gasteiger partial charge < -0.3 is 0 Å². The standard InChI is InChI=1S/C27H28ClNO/c1-20(2)29(19-21-11-4-3-5-12-21)18-10-17-27(26(28)30)24-15-8-6-13-22(24)23-14-7-9-16-25(23)27/h3-9,11-16,20H,10,17-19H2,1-2H3. The van der Waals surface area contributed by atoms with E-state index in [9.17, 15) is 4.79 Å². The van der Waals surface area contributed by atoms with E-state index < -0.39 is 5.41 Å². The van der Waals surface area contributed by atoms with Gasteiger partial charge in [-0.25, -0.2) is 0 Å². The second kappa shape index (κ2) is 8.75. The fraction of sp³-hybridized carbons (Fsp3) is 0.296. The maximum Gasteiger partial charge on any atom is 0.236 e. The summed E-state index contributed by atoms with van der Waals surface area (Å²) in [4.78, 5) is 15.4. The van der Waals surface area contributed by atoms with Crippen LogP contribution in [0.5, 0.6) is 0 Å². The van der Waals surface area contributed by atoms with E-state index in [1.165, 1.54) is 5.56 Å². The van der Waals surface area contributed by atoms with Gasteiger partial charge in [-0.15, -0.1) is 0 Å². The molecule has 0 spiro atoms. The number of carbonyl (C=O) groups is 1. The average molecular weight is 418 g/mol. The first-order valence-corrected chi connectivity index (χ1v) is 11.1. The Kier molecular flexibility index (Phi) is 6.08. The molecule has 0 bridgehead atoms. The lowest BCUT2D eigenvalue weighted by Crippen LogP contribution is -2.35. The minimum absolute atomic E-state index is 0.279. The molecule has 0 aliphatic heterocycles. The molecule has 0 fully saturated rings. The van der Waals surface area contributed by atoms with Crippen molar-refractivity contribution in [3.8, 4) is 11.1 Å². The van der Waals surface area contributed by atoms with E-state index in [1.54, 1.807) is 0 Å². The summed E-state index contributed by atoms with van der Waals surface area (Å²) in [7, 11) is 0. The Labute approximate surface area is 184 Å². The lowest BCUT2D eigenvalue weighted by molar-refractivity contribution is -0.115. The predicted molar refractivity (Wildman–Crippen MR) is 125 cm³/mol. The second-order valence-electron chi connectivity index (χ2n) is 8.42. The quantitative estimate of drug-likeness (QED) is 0.394. The molecule has 0 saturated carbocycles. The summed E-state index contributed by atoms with van der Waals surface area (Å²) in [5.41, 5.74) is 4.91. The molecule has 0 saturated heterocycles. The topological polar surface area (TPSA) is 20.3 Å². The molecule has 0 N–H and O–H groups in total. The highest BCUT2D eigenvalue weighted by molar-refractivity contribution is 6.66. The highest BCUT2D eigenvalue weighted by Crippen LogP contribution is 2.52. The molecule has 0 radical (unpaired) electrons. The van der Waals surface area contributed by atoms with Gasteiger partial charge >= 0.3 is 0 Å². The van der Waals surface area contributed by atoms with Crippen molar-refractivity contribution in [3.63, 3.8) is 0 Å². The molecular formula is C27H28ClNO. The Morgan fingerprint density at radius 3 is 1.93 bits per heavy atom. The summed E-state index contributed by atoms with van der Waals surface area (Å²) < 4.78 is 0. The van der Waals surface area contributed by atoms with E-state index in [1.807, 2.05) is 30.3 Å². The van der Waals surface area contributed by atoms with Gasteiger partial charge in [-0.3, -0.25) is 9.69 Å². The van der Waals surface area contributed by atoms with E-state index in [0.29, 0.717) is 12.5 Å². The molecule has 3 aromatic rings. The van der Waals surface area contributed by atoms with Crippen LogP contribution in [0, 0.1) is 0 Å². The van der Waals surface area contributed by atoms with Gasteiger partial charge in [0.05, 0.1) is 5.41 Å². The number of halogens is 1. The highest BCUT2D eigenvalue weighted by atomic mass is 35.5. The maximum atomic E-state index is 12.9. The molecule has 1 aliphatic carbocycles. The van der Waals surface area contributed by atoms with Crippen LogP contribution in [-0.2, 0) is 16.8 Å². The van der Waals surface area contributed by atoms with Crippen LogP contribution in [0.3, 0.4) is 0 Å². The molecule has 0 heterocycles. The second-order valence-corrected chi connectivity index (χ2v) is 8.77. The summed E-state index contributed by atoms with van der Waals surface area (Å²) >= 11 is 6.35. The van der Waals surface area contributed by atoms with Crippen LogP contribution in [-0.4, -0.2) is 22.7 Å². The zero-order valence-corrected chi connectivity index (χ0v) is 18.4. The normalized spacial score (nSPS) is 14.0. The third-order valence-electron chi connectivity index (χ3n) is 6.36. The van der Waals surface area contributed by atoms with Crippen molar-refractivity contribution in [3.05, 3.63) is 95.6 Å². The zero-order chi connectivity index (χ0) is 21.1. The molecule has 154 valence electrons. The number of nitrogens with zero attached hydrogens (tertiary/aromatic N) is 1. The fourth-order valence-corrected chi connectivity index (χ4v) is 5.09. The smallest absolute Gasteiger partial charge is 0.236 e. The van der Waals surface area contributed by atoms with Crippen molar-refractivity contribution in [2.45, 2.75) is 44.7 Å². The van der Waals surface area contributed by atoms with Gasteiger partial charge in [0, 0.05) is 12.6 Å². The summed E-state index contributed by atoms with van der Waals surface area (Å²) in [6.07, 6.45) is 1.60. The van der Waals surface area contributed by atoms with Gasteiger partial charge in [0.1, 0.15) is 0 Å². The van der Waals surface area contributed by atoms with E-state index in [-0.39, 0.29) is 5.24 Å². The van der Waals surface area contributed by atoms with Gasteiger partial charge in [-0.1, -0.05) is 78.9 Å². The van der Waals surface area contributed by atoms with E-state index >= 15 is 0 Å². The number of fused-ring (bicyclic) bond motifs is 3. The van der Waals surface area contributed by atoms with Crippen molar-refractivity contribution < 1.29 is 4.79 Å². The molecule has 30 heavy (non-hydrogen) atoms. The van der Waals surface area contributed by atoms with Crippen molar-refractivity contribution in [2.24, 2.45) is 0 Å². The van der Waals surface area contributed by atoms with Crippen molar-refractivity contribution in [1.82, 2.24) is 4.90 Å². The van der Waals surface area contributed by atoms with Crippen LogP contribution in [0.1, 0.15) is 43.4 Å². The van der Waals surface area contributed by atoms with Gasteiger partial charge in [-0.2, -0.15) is 0 Å². The monoisotopic (exact) mass is 417 g/mol. The summed E-state index contributed by atoms with van der Waals surface area (Å²) in [6.45, 7) is 6.29. The van der Waals surface area contributed by atoms with Crippen LogP contribution >= 0.6 is 11.6 Å². The van der Waals surface area contributed by atoms with Crippen LogP contribution in [0.15, 0.2) is 78.9 Å². The molecule has 0 unspecified atom stereocenters. The Hall–Kier alpha value is -2.42.